The molecule has 0 saturated heterocycles. The molecular weight excluding hydrogens is 355 g/mol. The molecule has 0 saturated carbocycles. The number of hydrogen-bond acceptors (Lipinski definition) is 2. The number of carbonyl (C=O) groups excluding carboxylic acids is 2. The molecule has 2 unspecified atom stereocenters. The Morgan fingerprint density at radius 3 is 2.58 bits per heavy atom. The predicted octanol–water partition coefficient (Wildman–Crippen LogP) is 2.23. The minimum Gasteiger partial charge on any atom is -0.368 e. The van der Waals surface area contributed by atoms with Gasteiger partial charge in [0, 0.05) is 3.57 Å². The molecule has 0 spiro atoms. The molecule has 1 aromatic carbocycles. The first-order chi connectivity index (χ1) is 8.88. The van der Waals surface area contributed by atoms with Crippen molar-refractivity contribution < 1.29 is 9.59 Å². The summed E-state index contributed by atoms with van der Waals surface area (Å²) in [6.45, 7) is 5.80. The summed E-state index contributed by atoms with van der Waals surface area (Å²) >= 11 is 2.13. The van der Waals surface area contributed by atoms with Crippen molar-refractivity contribution in [2.75, 3.05) is 0 Å². The van der Waals surface area contributed by atoms with E-state index >= 15 is 0 Å². The maximum atomic E-state index is 12.2. The average molecular weight is 374 g/mol. The quantitative estimate of drug-likeness (QED) is 0.776. The lowest BCUT2D eigenvalue weighted by Crippen LogP contribution is -2.48. The highest BCUT2D eigenvalue weighted by Crippen LogP contribution is 2.17. The zero-order valence-electron chi connectivity index (χ0n) is 11.4. The number of rotatable bonds is 5. The Bertz CT molecular complexity index is 488. The van der Waals surface area contributed by atoms with E-state index in [1.165, 1.54) is 0 Å². The topological polar surface area (TPSA) is 72.2 Å². The first kappa shape index (κ1) is 15.9. The molecule has 0 fully saturated rings. The van der Waals surface area contributed by atoms with E-state index < -0.39 is 11.9 Å². The van der Waals surface area contributed by atoms with E-state index in [0.717, 1.165) is 15.6 Å². The fourth-order valence-corrected chi connectivity index (χ4v) is 2.38. The Balaban J connectivity index is 2.94. The predicted molar refractivity (Wildman–Crippen MR) is 83.8 cm³/mol. The molecular formula is C14H19IN2O2. The Labute approximate surface area is 127 Å². The van der Waals surface area contributed by atoms with Crippen molar-refractivity contribution in [2.24, 2.45) is 11.7 Å². The average Bonchev–Trinajstić information content (AvgIpc) is 2.37. The first-order valence-electron chi connectivity index (χ1n) is 6.23. The molecule has 0 aromatic heterocycles. The highest BCUT2D eigenvalue weighted by atomic mass is 127. The maximum absolute atomic E-state index is 12.2. The van der Waals surface area contributed by atoms with Crippen molar-refractivity contribution in [1.82, 2.24) is 5.32 Å². The van der Waals surface area contributed by atoms with Crippen molar-refractivity contribution in [3.05, 3.63) is 32.9 Å². The molecule has 2 amide bonds. The van der Waals surface area contributed by atoms with Crippen LogP contribution in [0.2, 0.25) is 0 Å². The molecule has 1 aromatic rings. The maximum Gasteiger partial charge on any atom is 0.253 e. The Morgan fingerprint density at radius 1 is 1.42 bits per heavy atom. The zero-order chi connectivity index (χ0) is 14.6. The summed E-state index contributed by atoms with van der Waals surface area (Å²) in [4.78, 5) is 23.7. The number of aryl methyl sites for hydroxylation is 1. The van der Waals surface area contributed by atoms with Gasteiger partial charge in [0.05, 0.1) is 5.56 Å². The van der Waals surface area contributed by atoms with Crippen LogP contribution < -0.4 is 11.1 Å². The van der Waals surface area contributed by atoms with Crippen molar-refractivity contribution in [3.63, 3.8) is 0 Å². The van der Waals surface area contributed by atoms with E-state index in [2.05, 4.69) is 27.9 Å². The van der Waals surface area contributed by atoms with Gasteiger partial charge in [-0.1, -0.05) is 32.4 Å². The Hall–Kier alpha value is -1.11. The van der Waals surface area contributed by atoms with E-state index in [1.54, 1.807) is 6.07 Å². The summed E-state index contributed by atoms with van der Waals surface area (Å²) in [5.74, 6) is -0.730. The molecule has 0 bridgehead atoms. The van der Waals surface area contributed by atoms with Crippen LogP contribution in [0.5, 0.6) is 0 Å². The summed E-state index contributed by atoms with van der Waals surface area (Å²) in [6.07, 6.45) is 0.777. The summed E-state index contributed by atoms with van der Waals surface area (Å²) in [5.41, 5.74) is 6.97. The molecule has 3 N–H and O–H groups in total. The van der Waals surface area contributed by atoms with Gasteiger partial charge in [0.25, 0.3) is 5.91 Å². The molecule has 5 heteroatoms. The number of hydrogen-bond donors (Lipinski definition) is 2. The largest absolute Gasteiger partial charge is 0.368 e. The molecule has 0 aliphatic rings. The van der Waals surface area contributed by atoms with Gasteiger partial charge in [-0.15, -0.1) is 0 Å². The van der Waals surface area contributed by atoms with Crippen LogP contribution in [-0.4, -0.2) is 17.9 Å². The highest BCUT2D eigenvalue weighted by molar-refractivity contribution is 14.1. The SMILES string of the molecule is CCC(C)C(NC(=O)c1cccc(C)c1I)C(N)=O. The smallest absolute Gasteiger partial charge is 0.253 e. The van der Waals surface area contributed by atoms with Crippen molar-refractivity contribution in [2.45, 2.75) is 33.2 Å². The third-order valence-electron chi connectivity index (χ3n) is 3.24. The second kappa shape index (κ2) is 6.88. The van der Waals surface area contributed by atoms with E-state index in [9.17, 15) is 9.59 Å². The van der Waals surface area contributed by atoms with Crippen molar-refractivity contribution in [3.8, 4) is 0 Å². The number of primary amides is 1. The Morgan fingerprint density at radius 2 is 2.05 bits per heavy atom. The molecule has 4 nitrogen and oxygen atoms in total. The number of amides is 2. The normalized spacial score (nSPS) is 13.7. The number of nitrogens with two attached hydrogens (primary N) is 1. The number of benzene rings is 1. The first-order valence-corrected chi connectivity index (χ1v) is 7.31. The lowest BCUT2D eigenvalue weighted by atomic mass is 9.98. The van der Waals surface area contributed by atoms with E-state index in [4.69, 9.17) is 5.73 Å². The van der Waals surface area contributed by atoms with Crippen LogP contribution in [0.25, 0.3) is 0 Å². The highest BCUT2D eigenvalue weighted by Gasteiger charge is 2.24. The molecule has 0 aliphatic carbocycles. The van der Waals surface area contributed by atoms with Gasteiger partial charge in [-0.2, -0.15) is 0 Å². The second-order valence-electron chi connectivity index (χ2n) is 4.68. The summed E-state index contributed by atoms with van der Waals surface area (Å²) in [5, 5.41) is 2.73. The number of nitrogens with one attached hydrogen (secondary N) is 1. The zero-order valence-corrected chi connectivity index (χ0v) is 13.5. The van der Waals surface area contributed by atoms with Gasteiger partial charge in [0.2, 0.25) is 5.91 Å². The van der Waals surface area contributed by atoms with Gasteiger partial charge in [-0.3, -0.25) is 9.59 Å². The molecule has 0 heterocycles. The van der Waals surface area contributed by atoms with E-state index in [0.29, 0.717) is 5.56 Å². The van der Waals surface area contributed by atoms with E-state index in [1.807, 2.05) is 32.9 Å². The summed E-state index contributed by atoms with van der Waals surface area (Å²) in [6, 6.07) is 4.89. The fraction of sp³-hybridized carbons (Fsp3) is 0.429. The number of carbonyl (C=O) groups is 2. The van der Waals surface area contributed by atoms with Crippen LogP contribution in [0, 0.1) is 16.4 Å². The summed E-state index contributed by atoms with van der Waals surface area (Å²) < 4.78 is 0.893. The molecule has 1 rings (SSSR count). The van der Waals surface area contributed by atoms with Crippen LogP contribution in [0.4, 0.5) is 0 Å². The van der Waals surface area contributed by atoms with Crippen LogP contribution in [0.15, 0.2) is 18.2 Å². The van der Waals surface area contributed by atoms with Gasteiger partial charge in [0.15, 0.2) is 0 Å². The van der Waals surface area contributed by atoms with Crippen LogP contribution in [0.3, 0.4) is 0 Å². The third-order valence-corrected chi connectivity index (χ3v) is 4.67. The van der Waals surface area contributed by atoms with Gasteiger partial charge in [-0.25, -0.2) is 0 Å². The summed E-state index contributed by atoms with van der Waals surface area (Å²) in [7, 11) is 0. The Kier molecular flexibility index (Phi) is 5.78. The van der Waals surface area contributed by atoms with Crippen LogP contribution >= 0.6 is 22.6 Å². The molecule has 0 aliphatic heterocycles. The lowest BCUT2D eigenvalue weighted by Gasteiger charge is -2.21. The molecule has 0 radical (unpaired) electrons. The van der Waals surface area contributed by atoms with Gasteiger partial charge >= 0.3 is 0 Å². The minimum absolute atomic E-state index is 0.0175. The second-order valence-corrected chi connectivity index (χ2v) is 5.75. The van der Waals surface area contributed by atoms with Crippen LogP contribution in [0.1, 0.15) is 36.2 Å². The van der Waals surface area contributed by atoms with Gasteiger partial charge in [-0.05, 0) is 47.1 Å². The molecule has 2 atom stereocenters. The third kappa shape index (κ3) is 3.92. The molecule has 19 heavy (non-hydrogen) atoms. The number of halogens is 1. The lowest BCUT2D eigenvalue weighted by molar-refractivity contribution is -0.120. The monoisotopic (exact) mass is 374 g/mol. The van der Waals surface area contributed by atoms with Crippen molar-refractivity contribution in [1.29, 1.82) is 0 Å². The molecule has 104 valence electrons. The van der Waals surface area contributed by atoms with E-state index in [-0.39, 0.29) is 11.8 Å². The van der Waals surface area contributed by atoms with Gasteiger partial charge < -0.3 is 11.1 Å². The standard InChI is InChI=1S/C14H19IN2O2/c1-4-8(2)12(13(16)18)17-14(19)10-7-5-6-9(3)11(10)15/h5-8,12H,4H2,1-3H3,(H2,16,18)(H,17,19). The van der Waals surface area contributed by atoms with Crippen LogP contribution in [-0.2, 0) is 4.79 Å². The fourth-order valence-electron chi connectivity index (χ4n) is 1.77. The van der Waals surface area contributed by atoms with Crippen molar-refractivity contribution >= 4 is 34.4 Å². The van der Waals surface area contributed by atoms with Gasteiger partial charge in [0.1, 0.15) is 6.04 Å². The minimum atomic E-state index is -0.631.